The fourth-order valence-electron chi connectivity index (χ4n) is 2.89. The molecule has 0 fully saturated rings. The van der Waals surface area contributed by atoms with Gasteiger partial charge >= 0.3 is 0 Å². The molecule has 2 aromatic heterocycles. The molecule has 0 bridgehead atoms. The van der Waals surface area contributed by atoms with E-state index < -0.39 is 15.8 Å². The summed E-state index contributed by atoms with van der Waals surface area (Å²) in [5.74, 6) is -0.724. The van der Waals surface area contributed by atoms with Crippen LogP contribution in [-0.2, 0) is 23.5 Å². The average molecular weight is 392 g/mol. The molecule has 0 aliphatic rings. The first-order chi connectivity index (χ1) is 12.2. The Kier molecular flexibility index (Phi) is 4.83. The molecule has 3 aromatic rings. The highest BCUT2D eigenvalue weighted by molar-refractivity contribution is 7.89. The van der Waals surface area contributed by atoms with E-state index >= 15 is 0 Å². The van der Waals surface area contributed by atoms with Gasteiger partial charge in [-0.1, -0.05) is 12.1 Å². The van der Waals surface area contributed by atoms with Gasteiger partial charge in [0.2, 0.25) is 15.8 Å². The van der Waals surface area contributed by atoms with Gasteiger partial charge in [0.1, 0.15) is 5.82 Å². The number of aryl methyl sites for hydroxylation is 1. The number of thiophene rings is 1. The third kappa shape index (κ3) is 3.48. The van der Waals surface area contributed by atoms with Gasteiger partial charge in [0.25, 0.3) is 0 Å². The van der Waals surface area contributed by atoms with Crippen LogP contribution in [0, 0.1) is 12.7 Å². The van der Waals surface area contributed by atoms with Crippen LogP contribution in [0.2, 0.25) is 0 Å². The summed E-state index contributed by atoms with van der Waals surface area (Å²) < 4.78 is 38.7. The molecule has 0 amide bonds. The monoisotopic (exact) mass is 392 g/mol. The Hall–Kier alpha value is -2.29. The molecule has 0 saturated heterocycles. The summed E-state index contributed by atoms with van der Waals surface area (Å²) in [5, 5.41) is 6.86. The lowest BCUT2D eigenvalue weighted by Crippen LogP contribution is -2.13. The van der Waals surface area contributed by atoms with Gasteiger partial charge < -0.3 is 4.57 Å². The first kappa shape index (κ1) is 18.5. The van der Waals surface area contributed by atoms with E-state index in [1.54, 1.807) is 17.7 Å². The smallest absolute Gasteiger partial charge is 0.238 e. The number of nitrogens with two attached hydrogens (primary N) is 1. The fourth-order valence-corrected chi connectivity index (χ4v) is 4.08. The van der Waals surface area contributed by atoms with Gasteiger partial charge in [0, 0.05) is 19.2 Å². The summed E-state index contributed by atoms with van der Waals surface area (Å²) in [6.07, 6.45) is 0.228. The maximum absolute atomic E-state index is 14.3. The van der Waals surface area contributed by atoms with Crippen molar-refractivity contribution in [1.29, 1.82) is 0 Å². The Morgan fingerprint density at radius 2 is 2.00 bits per heavy atom. The molecule has 26 heavy (non-hydrogen) atoms. The van der Waals surface area contributed by atoms with Crippen molar-refractivity contribution in [2.75, 3.05) is 0 Å². The molecule has 0 aliphatic heterocycles. The van der Waals surface area contributed by atoms with Crippen LogP contribution in [0.4, 0.5) is 4.39 Å². The Labute approximate surface area is 154 Å². The summed E-state index contributed by atoms with van der Waals surface area (Å²) in [5.41, 5.74) is 2.45. The van der Waals surface area contributed by atoms with Crippen molar-refractivity contribution in [1.82, 2.24) is 4.57 Å². The summed E-state index contributed by atoms with van der Waals surface area (Å²) in [4.78, 5) is 13.0. The number of carbonyl (C=O) groups excluding carboxylic acids is 1. The zero-order valence-corrected chi connectivity index (χ0v) is 15.8. The van der Waals surface area contributed by atoms with Crippen LogP contribution >= 0.6 is 11.3 Å². The topological polar surface area (TPSA) is 82.2 Å². The van der Waals surface area contributed by atoms with Crippen LogP contribution in [0.5, 0.6) is 0 Å². The first-order valence-corrected chi connectivity index (χ1v) is 10.2. The Balaban J connectivity index is 1.95. The van der Waals surface area contributed by atoms with Crippen molar-refractivity contribution in [2.45, 2.75) is 18.2 Å². The number of rotatable bonds is 5. The normalized spacial score (nSPS) is 11.7. The predicted octanol–water partition coefficient (Wildman–Crippen LogP) is 3.00. The Morgan fingerprint density at radius 1 is 1.27 bits per heavy atom. The van der Waals surface area contributed by atoms with Crippen molar-refractivity contribution in [2.24, 2.45) is 12.2 Å². The molecule has 8 heteroatoms. The highest BCUT2D eigenvalue weighted by Crippen LogP contribution is 2.24. The largest absolute Gasteiger partial charge is 0.344 e. The van der Waals surface area contributed by atoms with Gasteiger partial charge in [0.05, 0.1) is 15.5 Å². The second kappa shape index (κ2) is 6.79. The third-order valence-electron chi connectivity index (χ3n) is 4.21. The van der Waals surface area contributed by atoms with Crippen LogP contribution in [0.3, 0.4) is 0 Å². The Morgan fingerprint density at radius 3 is 2.58 bits per heavy atom. The first-order valence-electron chi connectivity index (χ1n) is 7.73. The second-order valence-electron chi connectivity index (χ2n) is 6.01. The summed E-state index contributed by atoms with van der Waals surface area (Å²) in [6.45, 7) is 1.84. The SMILES string of the molecule is Cc1cc(Cc2ccc(S(N)(=O)=O)cc2F)n(C)c1C(=O)c1cccs1. The minimum absolute atomic E-state index is 0.0729. The lowest BCUT2D eigenvalue weighted by molar-refractivity contribution is 0.103. The van der Waals surface area contributed by atoms with Gasteiger partial charge in [0.15, 0.2) is 0 Å². The molecule has 0 spiro atoms. The van der Waals surface area contributed by atoms with Gasteiger partial charge in [-0.05, 0) is 47.7 Å². The van der Waals surface area contributed by atoms with Crippen LogP contribution in [0.1, 0.15) is 32.2 Å². The number of hydrogen-bond acceptors (Lipinski definition) is 4. The third-order valence-corrected chi connectivity index (χ3v) is 5.99. The molecule has 0 radical (unpaired) electrons. The van der Waals surface area contributed by atoms with Crippen LogP contribution in [-0.4, -0.2) is 18.8 Å². The molecule has 0 unspecified atom stereocenters. The van der Waals surface area contributed by atoms with E-state index in [9.17, 15) is 17.6 Å². The number of carbonyl (C=O) groups is 1. The maximum Gasteiger partial charge on any atom is 0.238 e. The number of hydrogen-bond donors (Lipinski definition) is 1. The average Bonchev–Trinajstić information content (AvgIpc) is 3.17. The van der Waals surface area contributed by atoms with Gasteiger partial charge in [-0.15, -0.1) is 11.3 Å². The quantitative estimate of drug-likeness (QED) is 0.678. The number of sulfonamides is 1. The number of benzene rings is 1. The molecule has 2 heterocycles. The zero-order chi connectivity index (χ0) is 19.1. The van der Waals surface area contributed by atoms with E-state index in [1.807, 2.05) is 24.4 Å². The number of ketones is 1. The molecule has 0 saturated carbocycles. The van der Waals surface area contributed by atoms with Gasteiger partial charge in [-0.25, -0.2) is 17.9 Å². The van der Waals surface area contributed by atoms with Crippen molar-refractivity contribution < 1.29 is 17.6 Å². The molecular weight excluding hydrogens is 375 g/mol. The minimum Gasteiger partial charge on any atom is -0.344 e. The van der Waals surface area contributed by atoms with E-state index in [4.69, 9.17) is 5.14 Å². The van der Waals surface area contributed by atoms with Crippen molar-refractivity contribution >= 4 is 27.1 Å². The lowest BCUT2D eigenvalue weighted by atomic mass is 10.1. The predicted molar refractivity (Wildman–Crippen MR) is 98.5 cm³/mol. The number of primary sulfonamides is 1. The number of nitrogens with zero attached hydrogens (tertiary/aromatic N) is 1. The summed E-state index contributed by atoms with van der Waals surface area (Å²) in [6, 6.07) is 9.02. The highest BCUT2D eigenvalue weighted by Gasteiger charge is 2.20. The van der Waals surface area contributed by atoms with E-state index in [-0.39, 0.29) is 17.1 Å². The van der Waals surface area contributed by atoms with Crippen LogP contribution < -0.4 is 5.14 Å². The van der Waals surface area contributed by atoms with Crippen molar-refractivity contribution in [3.63, 3.8) is 0 Å². The molecular formula is C18H17FN2O3S2. The van der Waals surface area contributed by atoms with Gasteiger partial charge in [-0.3, -0.25) is 4.79 Å². The van der Waals surface area contributed by atoms with E-state index in [0.717, 1.165) is 17.3 Å². The zero-order valence-electron chi connectivity index (χ0n) is 14.2. The highest BCUT2D eigenvalue weighted by atomic mass is 32.2. The number of halogens is 1. The molecule has 136 valence electrons. The van der Waals surface area contributed by atoms with Crippen molar-refractivity contribution in [3.05, 3.63) is 75.0 Å². The van der Waals surface area contributed by atoms with Gasteiger partial charge in [-0.2, -0.15) is 0 Å². The summed E-state index contributed by atoms with van der Waals surface area (Å²) >= 11 is 1.37. The molecule has 0 aliphatic carbocycles. The summed E-state index contributed by atoms with van der Waals surface area (Å²) in [7, 11) is -2.19. The molecule has 3 rings (SSSR count). The molecule has 5 nitrogen and oxygen atoms in total. The minimum atomic E-state index is -3.95. The van der Waals surface area contributed by atoms with Crippen LogP contribution in [0.15, 0.2) is 46.7 Å². The second-order valence-corrected chi connectivity index (χ2v) is 8.52. The van der Waals surface area contributed by atoms with E-state index in [2.05, 4.69) is 0 Å². The molecule has 2 N–H and O–H groups in total. The number of aromatic nitrogens is 1. The molecule has 1 aromatic carbocycles. The van der Waals surface area contributed by atoms with Crippen LogP contribution in [0.25, 0.3) is 0 Å². The maximum atomic E-state index is 14.3. The fraction of sp³-hybridized carbons (Fsp3) is 0.167. The standard InChI is InChI=1S/C18H17FN2O3S2/c1-11-8-13(21(2)17(11)18(22)16-4-3-7-25-16)9-12-5-6-14(10-15(12)19)26(20,23)24/h3-8,10H,9H2,1-2H3,(H2,20,23,24). The van der Waals surface area contributed by atoms with E-state index in [0.29, 0.717) is 16.1 Å². The Bertz CT molecular complexity index is 1080. The molecule has 0 atom stereocenters. The van der Waals surface area contributed by atoms with E-state index in [1.165, 1.54) is 23.5 Å². The lowest BCUT2D eigenvalue weighted by Gasteiger charge is -2.09. The van der Waals surface area contributed by atoms with Crippen molar-refractivity contribution in [3.8, 4) is 0 Å².